The van der Waals surface area contributed by atoms with Gasteiger partial charge in [0.1, 0.15) is 5.82 Å². The maximum Gasteiger partial charge on any atom is 0.251 e. The predicted octanol–water partition coefficient (Wildman–Crippen LogP) is 2.46. The molecule has 1 aromatic rings. The van der Waals surface area contributed by atoms with Gasteiger partial charge in [-0.2, -0.15) is 10.5 Å². The lowest BCUT2D eigenvalue weighted by Crippen LogP contribution is -2.45. The van der Waals surface area contributed by atoms with Gasteiger partial charge >= 0.3 is 0 Å². The molecule has 1 aliphatic heterocycles. The molecule has 0 bridgehead atoms. The minimum absolute atomic E-state index is 0.0958. The standard InChI is InChI=1S/C18H21FN4O/c19-16-5-3-15(4-6-16)18(24)22-17-7-10-23(11-8-17)13-14(12-21)2-1-9-20/h3-6,14,17H,1-2,7-8,10-11,13H2,(H,22,24). The molecule has 2 rings (SSSR count). The van der Waals surface area contributed by atoms with E-state index in [1.807, 2.05) is 0 Å². The van der Waals surface area contributed by atoms with Crippen molar-refractivity contribution in [3.8, 4) is 12.1 Å². The molecule has 126 valence electrons. The second-order valence-electron chi connectivity index (χ2n) is 6.08. The van der Waals surface area contributed by atoms with Crippen LogP contribution in [0.4, 0.5) is 4.39 Å². The molecule has 6 heteroatoms. The van der Waals surface area contributed by atoms with Crippen LogP contribution in [0.15, 0.2) is 24.3 Å². The summed E-state index contributed by atoms with van der Waals surface area (Å²) >= 11 is 0. The minimum atomic E-state index is -0.358. The summed E-state index contributed by atoms with van der Waals surface area (Å²) in [5.41, 5.74) is 0.458. The Bertz CT molecular complexity index is 624. The molecule has 0 saturated carbocycles. The van der Waals surface area contributed by atoms with Crippen LogP contribution in [-0.4, -0.2) is 36.5 Å². The van der Waals surface area contributed by atoms with E-state index in [0.717, 1.165) is 25.9 Å². The molecule has 1 saturated heterocycles. The normalized spacial score (nSPS) is 16.8. The summed E-state index contributed by atoms with van der Waals surface area (Å²) in [6, 6.07) is 9.95. The number of benzene rings is 1. The van der Waals surface area contributed by atoms with Crippen molar-refractivity contribution in [1.29, 1.82) is 10.5 Å². The Hall–Kier alpha value is -2.44. The number of hydrogen-bond acceptors (Lipinski definition) is 4. The highest BCUT2D eigenvalue weighted by atomic mass is 19.1. The van der Waals surface area contributed by atoms with E-state index in [0.29, 0.717) is 24.9 Å². The molecule has 1 aliphatic rings. The number of hydrogen-bond donors (Lipinski definition) is 1. The molecular formula is C18H21FN4O. The molecule has 1 atom stereocenters. The van der Waals surface area contributed by atoms with Gasteiger partial charge in [0, 0.05) is 37.7 Å². The number of carbonyl (C=O) groups excluding carboxylic acids is 1. The fraction of sp³-hybridized carbons (Fsp3) is 0.500. The van der Waals surface area contributed by atoms with Gasteiger partial charge in [-0.1, -0.05) is 0 Å². The molecule has 0 aromatic heterocycles. The molecule has 1 amide bonds. The van der Waals surface area contributed by atoms with Crippen molar-refractivity contribution in [2.24, 2.45) is 5.92 Å². The van der Waals surface area contributed by atoms with Crippen LogP contribution in [0.2, 0.25) is 0 Å². The number of nitrogens with zero attached hydrogens (tertiary/aromatic N) is 3. The highest BCUT2D eigenvalue weighted by molar-refractivity contribution is 5.94. The first-order chi connectivity index (χ1) is 11.6. The molecule has 1 aromatic carbocycles. The Labute approximate surface area is 141 Å². The van der Waals surface area contributed by atoms with Crippen LogP contribution in [0.5, 0.6) is 0 Å². The first-order valence-corrected chi connectivity index (χ1v) is 8.17. The van der Waals surface area contributed by atoms with Gasteiger partial charge in [-0.25, -0.2) is 4.39 Å². The SMILES string of the molecule is N#CCCC(C#N)CN1CCC(NC(=O)c2ccc(F)cc2)CC1. The molecule has 1 N–H and O–H groups in total. The van der Waals surface area contributed by atoms with Crippen molar-refractivity contribution >= 4 is 5.91 Å². The van der Waals surface area contributed by atoms with Gasteiger partial charge in [-0.15, -0.1) is 0 Å². The number of likely N-dealkylation sites (tertiary alicyclic amines) is 1. The Balaban J connectivity index is 1.76. The first-order valence-electron chi connectivity index (χ1n) is 8.17. The monoisotopic (exact) mass is 328 g/mol. The lowest BCUT2D eigenvalue weighted by Gasteiger charge is -2.33. The van der Waals surface area contributed by atoms with Crippen molar-refractivity contribution in [3.05, 3.63) is 35.6 Å². The fourth-order valence-electron chi connectivity index (χ4n) is 2.88. The maximum atomic E-state index is 12.9. The molecule has 1 heterocycles. The average molecular weight is 328 g/mol. The van der Waals surface area contributed by atoms with Crippen LogP contribution >= 0.6 is 0 Å². The number of nitriles is 2. The summed E-state index contributed by atoms with van der Waals surface area (Å²) in [7, 11) is 0. The Morgan fingerprint density at radius 1 is 1.29 bits per heavy atom. The largest absolute Gasteiger partial charge is 0.349 e. The van der Waals surface area contributed by atoms with Crippen LogP contribution in [0, 0.1) is 34.4 Å². The Morgan fingerprint density at radius 2 is 1.96 bits per heavy atom. The number of nitrogens with one attached hydrogen (secondary N) is 1. The van der Waals surface area contributed by atoms with Crippen LogP contribution in [0.1, 0.15) is 36.0 Å². The first kappa shape index (κ1) is 17.9. The number of rotatable bonds is 6. The van der Waals surface area contributed by atoms with Crippen molar-refractivity contribution in [2.45, 2.75) is 31.7 Å². The van der Waals surface area contributed by atoms with E-state index in [1.54, 1.807) is 0 Å². The highest BCUT2D eigenvalue weighted by Crippen LogP contribution is 2.15. The molecule has 0 radical (unpaired) electrons. The van der Waals surface area contributed by atoms with E-state index in [4.69, 9.17) is 10.5 Å². The van der Waals surface area contributed by atoms with E-state index in [2.05, 4.69) is 22.4 Å². The summed E-state index contributed by atoms with van der Waals surface area (Å²) < 4.78 is 12.9. The Morgan fingerprint density at radius 3 is 2.54 bits per heavy atom. The summed E-state index contributed by atoms with van der Waals surface area (Å²) in [6.45, 7) is 2.31. The van der Waals surface area contributed by atoms with Crippen LogP contribution < -0.4 is 5.32 Å². The second-order valence-corrected chi connectivity index (χ2v) is 6.08. The van der Waals surface area contributed by atoms with Crippen LogP contribution in [0.3, 0.4) is 0 Å². The smallest absolute Gasteiger partial charge is 0.251 e. The number of piperidine rings is 1. The molecular weight excluding hydrogens is 307 g/mol. The number of amides is 1. The van der Waals surface area contributed by atoms with E-state index >= 15 is 0 Å². The average Bonchev–Trinajstić information content (AvgIpc) is 2.60. The molecule has 1 fully saturated rings. The highest BCUT2D eigenvalue weighted by Gasteiger charge is 2.23. The van der Waals surface area contributed by atoms with Gasteiger partial charge in [0.15, 0.2) is 0 Å². The zero-order valence-corrected chi connectivity index (χ0v) is 13.5. The van der Waals surface area contributed by atoms with Crippen molar-refractivity contribution < 1.29 is 9.18 Å². The molecule has 0 spiro atoms. The van der Waals surface area contributed by atoms with Gasteiger partial charge in [0.05, 0.1) is 18.1 Å². The fourth-order valence-corrected chi connectivity index (χ4v) is 2.88. The van der Waals surface area contributed by atoms with E-state index in [1.165, 1.54) is 24.3 Å². The minimum Gasteiger partial charge on any atom is -0.349 e. The zero-order valence-electron chi connectivity index (χ0n) is 13.5. The third-order valence-electron chi connectivity index (χ3n) is 4.29. The van der Waals surface area contributed by atoms with Crippen molar-refractivity contribution in [3.63, 3.8) is 0 Å². The maximum absolute atomic E-state index is 12.9. The van der Waals surface area contributed by atoms with Gasteiger partial charge < -0.3 is 10.2 Å². The molecule has 5 nitrogen and oxygen atoms in total. The number of carbonyl (C=O) groups is 1. The third kappa shape index (κ3) is 5.33. The molecule has 1 unspecified atom stereocenters. The van der Waals surface area contributed by atoms with Crippen molar-refractivity contribution in [2.75, 3.05) is 19.6 Å². The van der Waals surface area contributed by atoms with Gasteiger partial charge in [0.2, 0.25) is 0 Å². The van der Waals surface area contributed by atoms with Crippen LogP contribution in [-0.2, 0) is 0 Å². The molecule has 24 heavy (non-hydrogen) atoms. The second kappa shape index (κ2) is 9.00. The third-order valence-corrected chi connectivity index (χ3v) is 4.29. The van der Waals surface area contributed by atoms with Gasteiger partial charge in [0.25, 0.3) is 5.91 Å². The predicted molar refractivity (Wildman–Crippen MR) is 87.3 cm³/mol. The number of halogens is 1. The van der Waals surface area contributed by atoms with E-state index < -0.39 is 0 Å². The Kier molecular flexibility index (Phi) is 6.72. The van der Waals surface area contributed by atoms with Gasteiger partial charge in [-0.3, -0.25) is 4.79 Å². The summed E-state index contributed by atoms with van der Waals surface area (Å²) in [6.07, 6.45) is 2.66. The lowest BCUT2D eigenvalue weighted by molar-refractivity contribution is 0.0908. The lowest BCUT2D eigenvalue weighted by atomic mass is 10.0. The van der Waals surface area contributed by atoms with Crippen LogP contribution in [0.25, 0.3) is 0 Å². The van der Waals surface area contributed by atoms with Crippen molar-refractivity contribution in [1.82, 2.24) is 10.2 Å². The summed E-state index contributed by atoms with van der Waals surface area (Å²) in [4.78, 5) is 14.3. The van der Waals surface area contributed by atoms with E-state index in [9.17, 15) is 9.18 Å². The summed E-state index contributed by atoms with van der Waals surface area (Å²) in [5, 5.41) is 20.7. The molecule has 0 aliphatic carbocycles. The van der Waals surface area contributed by atoms with E-state index in [-0.39, 0.29) is 23.7 Å². The van der Waals surface area contributed by atoms with Gasteiger partial charge in [-0.05, 0) is 43.5 Å². The quantitative estimate of drug-likeness (QED) is 0.870. The summed E-state index contributed by atoms with van der Waals surface area (Å²) in [5.74, 6) is -0.657. The zero-order chi connectivity index (χ0) is 17.4. The topological polar surface area (TPSA) is 79.9 Å².